The Morgan fingerprint density at radius 1 is 1.38 bits per heavy atom. The molecule has 0 spiro atoms. The van der Waals surface area contributed by atoms with E-state index in [0.29, 0.717) is 0 Å². The molecule has 2 rings (SSSR count). The van der Waals surface area contributed by atoms with Gasteiger partial charge in [0.1, 0.15) is 5.69 Å². The highest BCUT2D eigenvalue weighted by Gasteiger charge is 2.10. The van der Waals surface area contributed by atoms with Crippen molar-refractivity contribution < 1.29 is 0 Å². The fraction of sp³-hybridized carbons (Fsp3) is 0.0833. The zero-order valence-corrected chi connectivity index (χ0v) is 11.1. The Balaban J connectivity index is 2.39. The van der Waals surface area contributed by atoms with E-state index in [0.717, 1.165) is 26.3 Å². The highest BCUT2D eigenvalue weighted by molar-refractivity contribution is 9.10. The molecule has 82 valence electrons. The summed E-state index contributed by atoms with van der Waals surface area (Å²) in [6.07, 6.45) is 1.90. The van der Waals surface area contributed by atoms with Crippen molar-refractivity contribution in [3.8, 4) is 0 Å². The monoisotopic (exact) mass is 296 g/mol. The lowest BCUT2D eigenvalue weighted by Gasteiger charge is -2.03. The SMILES string of the molecule is C=C(c1ccc(Cl)cc1)c1nn(C)cc1Br. The molecule has 0 radical (unpaired) electrons. The maximum atomic E-state index is 5.84. The van der Waals surface area contributed by atoms with Crippen molar-refractivity contribution in [2.75, 3.05) is 0 Å². The van der Waals surface area contributed by atoms with Gasteiger partial charge in [0.25, 0.3) is 0 Å². The van der Waals surface area contributed by atoms with Gasteiger partial charge in [-0.1, -0.05) is 30.3 Å². The van der Waals surface area contributed by atoms with E-state index in [1.54, 1.807) is 4.68 Å². The molecule has 0 aliphatic carbocycles. The van der Waals surface area contributed by atoms with Gasteiger partial charge in [-0.05, 0) is 33.6 Å². The molecule has 0 N–H and O–H groups in total. The lowest BCUT2D eigenvalue weighted by molar-refractivity contribution is 0.763. The van der Waals surface area contributed by atoms with Crippen molar-refractivity contribution in [3.63, 3.8) is 0 Å². The van der Waals surface area contributed by atoms with Crippen molar-refractivity contribution in [2.24, 2.45) is 7.05 Å². The Kier molecular flexibility index (Phi) is 3.17. The van der Waals surface area contributed by atoms with E-state index >= 15 is 0 Å². The van der Waals surface area contributed by atoms with Crippen LogP contribution in [0.15, 0.2) is 41.5 Å². The minimum atomic E-state index is 0.719. The number of benzene rings is 1. The van der Waals surface area contributed by atoms with Crippen LogP contribution in [0.25, 0.3) is 5.57 Å². The van der Waals surface area contributed by atoms with Crippen LogP contribution in [0.1, 0.15) is 11.3 Å². The molecule has 16 heavy (non-hydrogen) atoms. The summed E-state index contributed by atoms with van der Waals surface area (Å²) in [7, 11) is 1.88. The Morgan fingerprint density at radius 3 is 2.50 bits per heavy atom. The third kappa shape index (κ3) is 2.20. The molecule has 0 amide bonds. The summed E-state index contributed by atoms with van der Waals surface area (Å²) in [5.74, 6) is 0. The minimum Gasteiger partial charge on any atom is -0.274 e. The Labute approximate surface area is 108 Å². The van der Waals surface area contributed by atoms with Gasteiger partial charge in [0, 0.05) is 23.8 Å². The van der Waals surface area contributed by atoms with Crippen LogP contribution in [-0.4, -0.2) is 9.78 Å². The average molecular weight is 298 g/mol. The normalized spacial score (nSPS) is 10.4. The van der Waals surface area contributed by atoms with E-state index in [9.17, 15) is 0 Å². The summed E-state index contributed by atoms with van der Waals surface area (Å²) in [6, 6.07) is 7.56. The lowest BCUT2D eigenvalue weighted by atomic mass is 10.1. The Bertz CT molecular complexity index is 528. The van der Waals surface area contributed by atoms with E-state index in [2.05, 4.69) is 27.6 Å². The molecule has 0 aliphatic rings. The van der Waals surface area contributed by atoms with Crippen LogP contribution in [0.5, 0.6) is 0 Å². The van der Waals surface area contributed by atoms with E-state index in [1.165, 1.54) is 0 Å². The number of halogens is 2. The van der Waals surface area contributed by atoms with Gasteiger partial charge in [0.05, 0.1) is 4.47 Å². The smallest absolute Gasteiger partial charge is 0.106 e. The first-order valence-electron chi connectivity index (χ1n) is 4.72. The quantitative estimate of drug-likeness (QED) is 0.822. The second-order valence-corrected chi connectivity index (χ2v) is 4.78. The summed E-state index contributed by atoms with van der Waals surface area (Å²) in [5.41, 5.74) is 2.75. The van der Waals surface area contributed by atoms with Crippen LogP contribution in [0.4, 0.5) is 0 Å². The third-order valence-electron chi connectivity index (χ3n) is 2.26. The van der Waals surface area contributed by atoms with Crippen LogP contribution in [0, 0.1) is 0 Å². The molecule has 1 heterocycles. The van der Waals surface area contributed by atoms with Crippen LogP contribution < -0.4 is 0 Å². The van der Waals surface area contributed by atoms with Gasteiger partial charge in [-0.15, -0.1) is 0 Å². The summed E-state index contributed by atoms with van der Waals surface area (Å²) in [6.45, 7) is 4.05. The molecule has 1 aromatic carbocycles. The average Bonchev–Trinajstić information content (AvgIpc) is 2.58. The maximum absolute atomic E-state index is 5.84. The van der Waals surface area contributed by atoms with Crippen LogP contribution >= 0.6 is 27.5 Å². The second-order valence-electron chi connectivity index (χ2n) is 3.48. The summed E-state index contributed by atoms with van der Waals surface area (Å²) < 4.78 is 2.69. The third-order valence-corrected chi connectivity index (χ3v) is 3.09. The van der Waals surface area contributed by atoms with E-state index in [1.807, 2.05) is 37.5 Å². The molecule has 0 aliphatic heterocycles. The second kappa shape index (κ2) is 4.44. The largest absolute Gasteiger partial charge is 0.274 e. The van der Waals surface area contributed by atoms with Gasteiger partial charge in [-0.25, -0.2) is 0 Å². The Hall–Kier alpha value is -1.06. The summed E-state index contributed by atoms with van der Waals surface area (Å²) >= 11 is 9.30. The molecule has 0 saturated carbocycles. The molecule has 0 saturated heterocycles. The fourth-order valence-electron chi connectivity index (χ4n) is 1.45. The van der Waals surface area contributed by atoms with Gasteiger partial charge < -0.3 is 0 Å². The van der Waals surface area contributed by atoms with Crippen molar-refractivity contribution in [2.45, 2.75) is 0 Å². The standard InChI is InChI=1S/C12H10BrClN2/c1-8(9-3-5-10(14)6-4-9)12-11(13)7-16(2)15-12/h3-7H,1H2,2H3. The number of hydrogen-bond acceptors (Lipinski definition) is 1. The van der Waals surface area contributed by atoms with Gasteiger partial charge in [0.2, 0.25) is 0 Å². The van der Waals surface area contributed by atoms with E-state index in [4.69, 9.17) is 11.6 Å². The fourth-order valence-corrected chi connectivity index (χ4v) is 2.19. The first-order valence-corrected chi connectivity index (χ1v) is 5.89. The zero-order valence-electron chi connectivity index (χ0n) is 8.74. The molecule has 1 aromatic heterocycles. The molecule has 2 nitrogen and oxygen atoms in total. The lowest BCUT2D eigenvalue weighted by Crippen LogP contribution is -1.91. The van der Waals surface area contributed by atoms with Gasteiger partial charge >= 0.3 is 0 Å². The maximum Gasteiger partial charge on any atom is 0.106 e. The first kappa shape index (κ1) is 11.4. The highest BCUT2D eigenvalue weighted by Crippen LogP contribution is 2.27. The summed E-state index contributed by atoms with van der Waals surface area (Å²) in [5, 5.41) is 5.07. The molecular weight excluding hydrogens is 288 g/mol. The van der Waals surface area contributed by atoms with Gasteiger partial charge in [-0.3, -0.25) is 4.68 Å². The molecule has 0 atom stereocenters. The van der Waals surface area contributed by atoms with Crippen molar-refractivity contribution >= 4 is 33.1 Å². The zero-order chi connectivity index (χ0) is 11.7. The van der Waals surface area contributed by atoms with E-state index < -0.39 is 0 Å². The molecule has 4 heteroatoms. The van der Waals surface area contributed by atoms with E-state index in [-0.39, 0.29) is 0 Å². The molecule has 0 bridgehead atoms. The number of nitrogens with zero attached hydrogens (tertiary/aromatic N) is 2. The number of hydrogen-bond donors (Lipinski definition) is 0. The Morgan fingerprint density at radius 2 is 2.00 bits per heavy atom. The minimum absolute atomic E-state index is 0.719. The van der Waals surface area contributed by atoms with Gasteiger partial charge in [0.15, 0.2) is 0 Å². The highest BCUT2D eigenvalue weighted by atomic mass is 79.9. The first-order chi connectivity index (χ1) is 7.58. The van der Waals surface area contributed by atoms with Gasteiger partial charge in [-0.2, -0.15) is 5.10 Å². The number of aryl methyl sites for hydroxylation is 1. The van der Waals surface area contributed by atoms with Crippen LogP contribution in [-0.2, 0) is 7.05 Å². The molecule has 2 aromatic rings. The van der Waals surface area contributed by atoms with Crippen molar-refractivity contribution in [1.82, 2.24) is 9.78 Å². The molecule has 0 fully saturated rings. The van der Waals surface area contributed by atoms with Crippen LogP contribution in [0.3, 0.4) is 0 Å². The van der Waals surface area contributed by atoms with Crippen LogP contribution in [0.2, 0.25) is 5.02 Å². The summed E-state index contributed by atoms with van der Waals surface area (Å²) in [4.78, 5) is 0. The molecule has 0 unspecified atom stereocenters. The van der Waals surface area contributed by atoms with Crippen molar-refractivity contribution in [1.29, 1.82) is 0 Å². The topological polar surface area (TPSA) is 17.8 Å². The predicted octanol–water partition coefficient (Wildman–Crippen LogP) is 3.90. The number of aromatic nitrogens is 2. The number of rotatable bonds is 2. The molecular formula is C12H10BrClN2. The van der Waals surface area contributed by atoms with Crippen molar-refractivity contribution in [3.05, 3.63) is 57.8 Å². The predicted molar refractivity (Wildman–Crippen MR) is 70.5 cm³/mol.